The maximum atomic E-state index is 12.3. The summed E-state index contributed by atoms with van der Waals surface area (Å²) in [5.41, 5.74) is 2.89. The van der Waals surface area contributed by atoms with Crippen molar-refractivity contribution in [3.05, 3.63) is 34.7 Å². The van der Waals surface area contributed by atoms with Crippen molar-refractivity contribution in [3.63, 3.8) is 0 Å². The molecule has 5 nitrogen and oxygen atoms in total. The molecule has 0 unspecified atom stereocenters. The fourth-order valence-electron chi connectivity index (χ4n) is 4.41. The van der Waals surface area contributed by atoms with Crippen LogP contribution in [0.5, 0.6) is 0 Å². The summed E-state index contributed by atoms with van der Waals surface area (Å²) in [5, 5.41) is 0.549. The Bertz CT molecular complexity index is 919. The van der Waals surface area contributed by atoms with E-state index >= 15 is 0 Å². The lowest BCUT2D eigenvalue weighted by Crippen LogP contribution is -2.47. The number of carbonyl (C=O) groups excluding carboxylic acids is 1. The van der Waals surface area contributed by atoms with Crippen molar-refractivity contribution in [3.8, 4) is 11.8 Å². The Labute approximate surface area is 186 Å². The van der Waals surface area contributed by atoms with E-state index in [-0.39, 0.29) is 12.3 Å². The molecule has 30 heavy (non-hydrogen) atoms. The molecule has 0 aliphatic heterocycles. The first kappa shape index (κ1) is 24.5. The summed E-state index contributed by atoms with van der Waals surface area (Å²) in [7, 11) is -1.91. The molecule has 2 aromatic heterocycles. The normalized spacial score (nSPS) is 12.0. The fraction of sp³-hybridized carbons (Fsp3) is 0.565. The second-order valence-corrected chi connectivity index (χ2v) is 14.2. The van der Waals surface area contributed by atoms with Gasteiger partial charge in [-0.1, -0.05) is 59.1 Å². The minimum atomic E-state index is -1.91. The zero-order chi connectivity index (χ0) is 22.5. The van der Waals surface area contributed by atoms with Crippen LogP contribution in [-0.4, -0.2) is 36.9 Å². The molecule has 7 heteroatoms. The summed E-state index contributed by atoms with van der Waals surface area (Å²) < 4.78 is 13.5. The lowest BCUT2D eigenvalue weighted by Gasteiger charge is -2.42. The third kappa shape index (κ3) is 5.08. The largest absolute Gasteiger partial charge is 0.461 e. The van der Waals surface area contributed by atoms with Crippen LogP contribution in [0.1, 0.15) is 71.1 Å². The van der Waals surface area contributed by atoms with Crippen molar-refractivity contribution in [2.75, 3.05) is 13.2 Å². The van der Waals surface area contributed by atoms with Gasteiger partial charge in [0.25, 0.3) is 0 Å². The molecule has 0 saturated heterocycles. The van der Waals surface area contributed by atoms with Gasteiger partial charge in [-0.25, -0.2) is 9.78 Å². The maximum absolute atomic E-state index is 12.3. The van der Waals surface area contributed by atoms with Gasteiger partial charge in [0.2, 0.25) is 0 Å². The van der Waals surface area contributed by atoms with Gasteiger partial charge in [-0.2, -0.15) is 0 Å². The van der Waals surface area contributed by atoms with Gasteiger partial charge >= 0.3 is 5.97 Å². The van der Waals surface area contributed by atoms with Crippen LogP contribution in [-0.2, 0) is 9.16 Å². The number of hydrogen-bond donors (Lipinski definition) is 0. The molecule has 0 fully saturated rings. The molecule has 2 heterocycles. The van der Waals surface area contributed by atoms with Gasteiger partial charge < -0.3 is 9.16 Å². The number of rotatable bonds is 8. The SMILES string of the molecule is CCOC(=O)c1nc2cc(Cl)ccn2c1C#CCCO[Si](C(C)C)(C(C)C)C(C)C. The van der Waals surface area contributed by atoms with Crippen LogP contribution in [0.3, 0.4) is 0 Å². The lowest BCUT2D eigenvalue weighted by atomic mass is 10.3. The Morgan fingerprint density at radius 3 is 2.40 bits per heavy atom. The van der Waals surface area contributed by atoms with Crippen molar-refractivity contribution in [2.45, 2.75) is 71.5 Å². The predicted molar refractivity (Wildman–Crippen MR) is 125 cm³/mol. The van der Waals surface area contributed by atoms with E-state index < -0.39 is 14.3 Å². The number of fused-ring (bicyclic) bond motifs is 1. The number of nitrogens with zero attached hydrogens (tertiary/aromatic N) is 2. The van der Waals surface area contributed by atoms with Crippen LogP contribution in [0.15, 0.2) is 18.3 Å². The molecule has 0 atom stereocenters. The molecule has 2 aromatic rings. The first-order valence-corrected chi connectivity index (χ1v) is 13.1. The number of ether oxygens (including phenoxy) is 1. The van der Waals surface area contributed by atoms with Crippen LogP contribution in [0.2, 0.25) is 21.6 Å². The van der Waals surface area contributed by atoms with E-state index in [9.17, 15) is 4.79 Å². The smallest absolute Gasteiger partial charge is 0.359 e. The van der Waals surface area contributed by atoms with E-state index in [1.807, 2.05) is 0 Å². The topological polar surface area (TPSA) is 52.8 Å². The second-order valence-electron chi connectivity index (χ2n) is 8.32. The third-order valence-corrected chi connectivity index (χ3v) is 11.9. The van der Waals surface area contributed by atoms with Crippen LogP contribution >= 0.6 is 11.6 Å². The second kappa shape index (κ2) is 10.5. The van der Waals surface area contributed by atoms with Crippen LogP contribution in [0.4, 0.5) is 0 Å². The minimum absolute atomic E-state index is 0.211. The van der Waals surface area contributed by atoms with Crippen LogP contribution in [0.25, 0.3) is 5.65 Å². The van der Waals surface area contributed by atoms with E-state index in [0.29, 0.717) is 46.0 Å². The Kier molecular flexibility index (Phi) is 8.54. The van der Waals surface area contributed by atoms with E-state index in [0.717, 1.165) is 0 Å². The Morgan fingerprint density at radius 1 is 1.20 bits per heavy atom. The molecule has 0 aliphatic carbocycles. The molecule has 0 saturated carbocycles. The highest BCUT2D eigenvalue weighted by atomic mass is 35.5. The molecule has 0 N–H and O–H groups in total. The zero-order valence-electron chi connectivity index (χ0n) is 19.1. The first-order valence-electron chi connectivity index (χ1n) is 10.6. The van der Waals surface area contributed by atoms with Gasteiger partial charge in [0.05, 0.1) is 6.61 Å². The Balaban J connectivity index is 2.25. The number of aromatic nitrogens is 2. The number of hydrogen-bond acceptors (Lipinski definition) is 4. The van der Waals surface area contributed by atoms with Crippen LogP contribution in [0, 0.1) is 11.8 Å². The average Bonchev–Trinajstić information content (AvgIpc) is 3.01. The number of imidazole rings is 1. The highest BCUT2D eigenvalue weighted by molar-refractivity contribution is 6.77. The molecule has 0 spiro atoms. The molecular formula is C23H33ClN2O3Si. The minimum Gasteiger partial charge on any atom is -0.461 e. The van der Waals surface area contributed by atoms with E-state index in [1.54, 1.807) is 29.7 Å². The molecule has 164 valence electrons. The van der Waals surface area contributed by atoms with E-state index in [2.05, 4.69) is 58.4 Å². The lowest BCUT2D eigenvalue weighted by molar-refractivity contribution is 0.0520. The number of esters is 1. The van der Waals surface area contributed by atoms with Gasteiger partial charge in [-0.05, 0) is 35.5 Å². The summed E-state index contributed by atoms with van der Waals surface area (Å²) in [6, 6.07) is 3.44. The molecule has 0 aromatic carbocycles. The summed E-state index contributed by atoms with van der Waals surface area (Å²) in [5.74, 6) is 5.80. The fourth-order valence-corrected chi connectivity index (χ4v) is 10.0. The number of carbonyl (C=O) groups is 1. The zero-order valence-corrected chi connectivity index (χ0v) is 20.8. The van der Waals surface area contributed by atoms with Crippen molar-refractivity contribution in [1.29, 1.82) is 0 Å². The Hall–Kier alpha value is -1.81. The first-order chi connectivity index (χ1) is 14.1. The van der Waals surface area contributed by atoms with Crippen molar-refractivity contribution < 1.29 is 14.0 Å². The van der Waals surface area contributed by atoms with Crippen LogP contribution < -0.4 is 0 Å². The highest BCUT2D eigenvalue weighted by Gasteiger charge is 2.44. The summed E-state index contributed by atoms with van der Waals surface area (Å²) in [6.07, 6.45) is 2.35. The number of halogens is 1. The van der Waals surface area contributed by atoms with Gasteiger partial charge in [0.15, 0.2) is 14.0 Å². The predicted octanol–water partition coefficient (Wildman–Crippen LogP) is 6.10. The standard InChI is InChI=1S/C23H33ClN2O3Si/c1-8-28-23(27)22-20(26-13-12-19(24)15-21(26)25-22)11-9-10-14-29-30(16(2)3,17(4)5)18(6)7/h12-13,15-18H,8,10,14H2,1-7H3. The van der Waals surface area contributed by atoms with Gasteiger partial charge in [0.1, 0.15) is 11.3 Å². The van der Waals surface area contributed by atoms with Gasteiger partial charge in [0, 0.05) is 30.3 Å². The van der Waals surface area contributed by atoms with E-state index in [4.69, 9.17) is 20.8 Å². The van der Waals surface area contributed by atoms with E-state index in [1.165, 1.54) is 0 Å². The molecule has 0 bridgehead atoms. The summed E-state index contributed by atoms with van der Waals surface area (Å²) in [6.45, 7) is 16.3. The number of pyridine rings is 1. The van der Waals surface area contributed by atoms with Crippen molar-refractivity contribution in [2.24, 2.45) is 0 Å². The Morgan fingerprint density at radius 2 is 1.83 bits per heavy atom. The monoisotopic (exact) mass is 448 g/mol. The molecule has 2 rings (SSSR count). The maximum Gasteiger partial charge on any atom is 0.359 e. The van der Waals surface area contributed by atoms with Gasteiger partial charge in [-0.3, -0.25) is 4.40 Å². The summed E-state index contributed by atoms with van der Waals surface area (Å²) >= 11 is 6.07. The highest BCUT2D eigenvalue weighted by Crippen LogP contribution is 2.42. The average molecular weight is 449 g/mol. The molecule has 0 radical (unpaired) electrons. The van der Waals surface area contributed by atoms with Crippen molar-refractivity contribution in [1.82, 2.24) is 9.38 Å². The van der Waals surface area contributed by atoms with Crippen molar-refractivity contribution >= 4 is 31.5 Å². The summed E-state index contributed by atoms with van der Waals surface area (Å²) in [4.78, 5) is 16.7. The van der Waals surface area contributed by atoms with Gasteiger partial charge in [-0.15, -0.1) is 0 Å². The molecule has 0 aliphatic rings. The quantitative estimate of drug-likeness (QED) is 0.212. The third-order valence-electron chi connectivity index (χ3n) is 5.55. The molecular weight excluding hydrogens is 416 g/mol. The molecule has 0 amide bonds.